The molecule has 1 fully saturated rings. The van der Waals surface area contributed by atoms with Crippen molar-refractivity contribution in [3.63, 3.8) is 0 Å². The Bertz CT molecular complexity index is 450. The summed E-state index contributed by atoms with van der Waals surface area (Å²) in [5, 5.41) is 0. The van der Waals surface area contributed by atoms with Crippen molar-refractivity contribution in [3.05, 3.63) is 29.8 Å². The second kappa shape index (κ2) is 5.67. The molecule has 4 heteroatoms. The average Bonchev–Trinajstić information content (AvgIpc) is 2.40. The molecular weight excluding hydrogens is 230 g/mol. The van der Waals surface area contributed by atoms with Gasteiger partial charge >= 0.3 is 6.09 Å². The van der Waals surface area contributed by atoms with Gasteiger partial charge in [-0.1, -0.05) is 12.1 Å². The molecule has 4 nitrogen and oxygen atoms in total. The molecule has 18 heavy (non-hydrogen) atoms. The molecule has 1 aliphatic heterocycles. The van der Waals surface area contributed by atoms with Gasteiger partial charge in [-0.25, -0.2) is 4.79 Å². The highest BCUT2D eigenvalue weighted by atomic mass is 16.6. The zero-order chi connectivity index (χ0) is 13.0. The van der Waals surface area contributed by atoms with Crippen LogP contribution in [0.3, 0.4) is 0 Å². The van der Waals surface area contributed by atoms with Gasteiger partial charge in [-0.15, -0.1) is 0 Å². The number of benzene rings is 1. The molecule has 0 radical (unpaired) electrons. The maximum atomic E-state index is 11.9. The summed E-state index contributed by atoms with van der Waals surface area (Å²) in [4.78, 5) is 25.0. The number of likely N-dealkylation sites (tertiary alicyclic amines) is 1. The molecule has 0 aromatic heterocycles. The van der Waals surface area contributed by atoms with E-state index in [4.69, 9.17) is 4.74 Å². The fourth-order valence-electron chi connectivity index (χ4n) is 2.08. The molecule has 2 rings (SSSR count). The minimum absolute atomic E-state index is 0.1000. The first-order valence-electron chi connectivity index (χ1n) is 6.25. The van der Waals surface area contributed by atoms with Crippen molar-refractivity contribution in [2.75, 3.05) is 13.1 Å². The highest BCUT2D eigenvalue weighted by Crippen LogP contribution is 2.20. The molecule has 1 saturated heterocycles. The summed E-state index contributed by atoms with van der Waals surface area (Å²) >= 11 is 0. The number of ether oxygens (including phenoxy) is 1. The number of carbonyl (C=O) groups excluding carboxylic acids is 2. The Labute approximate surface area is 107 Å². The van der Waals surface area contributed by atoms with Crippen molar-refractivity contribution in [2.24, 2.45) is 0 Å². The van der Waals surface area contributed by atoms with Crippen LogP contribution in [0.4, 0.5) is 4.79 Å². The van der Waals surface area contributed by atoms with Crippen LogP contribution in [0.2, 0.25) is 0 Å². The number of nitrogens with zero attached hydrogens (tertiary/aromatic N) is 1. The van der Waals surface area contributed by atoms with Crippen molar-refractivity contribution in [3.8, 4) is 5.75 Å². The van der Waals surface area contributed by atoms with Gasteiger partial charge in [0.15, 0.2) is 5.78 Å². The van der Waals surface area contributed by atoms with E-state index in [9.17, 15) is 9.59 Å². The third kappa shape index (κ3) is 2.88. The average molecular weight is 247 g/mol. The summed E-state index contributed by atoms with van der Waals surface area (Å²) in [7, 11) is 0. The summed E-state index contributed by atoms with van der Waals surface area (Å²) < 4.78 is 5.31. The van der Waals surface area contributed by atoms with E-state index < -0.39 is 0 Å². The molecule has 0 unspecified atom stereocenters. The molecule has 0 bridgehead atoms. The highest BCUT2D eigenvalue weighted by molar-refractivity contribution is 5.97. The Hall–Kier alpha value is -1.84. The molecule has 0 saturated carbocycles. The standard InChI is InChI=1S/C14H17NO3/c1-11(16)12-7-3-4-8-13(12)18-14(17)15-9-5-2-6-10-15/h3-4,7-8H,2,5-6,9-10H2,1H3. The first kappa shape index (κ1) is 12.6. The summed E-state index contributed by atoms with van der Waals surface area (Å²) in [6, 6.07) is 6.83. The van der Waals surface area contributed by atoms with Crippen LogP contribution in [0.1, 0.15) is 36.5 Å². The molecule has 1 heterocycles. The van der Waals surface area contributed by atoms with E-state index in [0.29, 0.717) is 11.3 Å². The van der Waals surface area contributed by atoms with Crippen LogP contribution in [0.15, 0.2) is 24.3 Å². The first-order valence-corrected chi connectivity index (χ1v) is 6.25. The molecule has 0 spiro atoms. The molecule has 96 valence electrons. The van der Waals surface area contributed by atoms with Crippen LogP contribution >= 0.6 is 0 Å². The third-order valence-corrected chi connectivity index (χ3v) is 3.08. The van der Waals surface area contributed by atoms with E-state index in [-0.39, 0.29) is 11.9 Å². The lowest BCUT2D eigenvalue weighted by Gasteiger charge is -2.25. The van der Waals surface area contributed by atoms with E-state index in [1.165, 1.54) is 6.92 Å². The number of ketones is 1. The Morgan fingerprint density at radius 2 is 1.78 bits per heavy atom. The molecule has 1 amide bonds. The summed E-state index contributed by atoms with van der Waals surface area (Å²) in [5.41, 5.74) is 0.447. The summed E-state index contributed by atoms with van der Waals surface area (Å²) in [5.74, 6) is 0.248. The van der Waals surface area contributed by atoms with Crippen molar-refractivity contribution in [1.82, 2.24) is 4.90 Å². The summed E-state index contributed by atoms with van der Waals surface area (Å²) in [6.45, 7) is 2.94. The lowest BCUT2D eigenvalue weighted by atomic mass is 10.1. The monoisotopic (exact) mass is 247 g/mol. The second-order valence-electron chi connectivity index (χ2n) is 4.47. The lowest BCUT2D eigenvalue weighted by molar-refractivity contribution is 0.101. The quantitative estimate of drug-likeness (QED) is 0.755. The van der Waals surface area contributed by atoms with Crippen molar-refractivity contribution in [2.45, 2.75) is 26.2 Å². The molecular formula is C14H17NO3. The van der Waals surface area contributed by atoms with Crippen molar-refractivity contribution >= 4 is 11.9 Å². The van der Waals surface area contributed by atoms with Gasteiger partial charge in [0.05, 0.1) is 5.56 Å². The smallest absolute Gasteiger partial charge is 0.409 e. The Kier molecular flexibility index (Phi) is 3.97. The van der Waals surface area contributed by atoms with Crippen molar-refractivity contribution < 1.29 is 14.3 Å². The number of piperidine rings is 1. The third-order valence-electron chi connectivity index (χ3n) is 3.08. The SMILES string of the molecule is CC(=O)c1ccccc1OC(=O)N1CCCCC1. The van der Waals surface area contributed by atoms with Gasteiger partial charge < -0.3 is 9.64 Å². The number of hydrogen-bond acceptors (Lipinski definition) is 3. The van der Waals surface area contributed by atoms with Gasteiger partial charge in [-0.05, 0) is 38.3 Å². The Morgan fingerprint density at radius 3 is 2.44 bits per heavy atom. The first-order chi connectivity index (χ1) is 8.68. The topological polar surface area (TPSA) is 46.6 Å². The zero-order valence-electron chi connectivity index (χ0n) is 10.5. The van der Waals surface area contributed by atoms with Gasteiger partial charge in [-0.3, -0.25) is 4.79 Å². The number of rotatable bonds is 2. The normalized spacial score (nSPS) is 15.3. The van der Waals surface area contributed by atoms with Crippen LogP contribution in [-0.2, 0) is 0 Å². The predicted octanol–water partition coefficient (Wildman–Crippen LogP) is 2.87. The van der Waals surface area contributed by atoms with Crippen LogP contribution in [-0.4, -0.2) is 29.9 Å². The maximum Gasteiger partial charge on any atom is 0.415 e. The number of hydrogen-bond donors (Lipinski definition) is 0. The molecule has 0 aliphatic carbocycles. The number of carbonyl (C=O) groups is 2. The second-order valence-corrected chi connectivity index (χ2v) is 4.47. The lowest BCUT2D eigenvalue weighted by Crippen LogP contribution is -2.37. The van der Waals surface area contributed by atoms with Gasteiger partial charge in [0.2, 0.25) is 0 Å². The molecule has 1 aromatic rings. The largest absolute Gasteiger partial charge is 0.415 e. The van der Waals surface area contributed by atoms with Gasteiger partial charge in [0.1, 0.15) is 5.75 Å². The molecule has 1 aliphatic rings. The minimum Gasteiger partial charge on any atom is -0.409 e. The van der Waals surface area contributed by atoms with E-state index in [0.717, 1.165) is 32.4 Å². The van der Waals surface area contributed by atoms with Gasteiger partial charge in [-0.2, -0.15) is 0 Å². The van der Waals surface area contributed by atoms with Gasteiger partial charge in [0.25, 0.3) is 0 Å². The number of Topliss-reactive ketones (excluding diaryl/α,β-unsaturated/α-hetero) is 1. The maximum absolute atomic E-state index is 11.9. The van der Waals surface area contributed by atoms with E-state index in [2.05, 4.69) is 0 Å². The van der Waals surface area contributed by atoms with Crippen LogP contribution < -0.4 is 4.74 Å². The molecule has 1 aromatic carbocycles. The van der Waals surface area contributed by atoms with Crippen LogP contribution in [0, 0.1) is 0 Å². The fraction of sp³-hybridized carbons (Fsp3) is 0.429. The van der Waals surface area contributed by atoms with E-state index in [1.54, 1.807) is 29.2 Å². The number of para-hydroxylation sites is 1. The molecule has 0 atom stereocenters. The van der Waals surface area contributed by atoms with Crippen LogP contribution in [0.5, 0.6) is 5.75 Å². The molecule has 0 N–H and O–H groups in total. The van der Waals surface area contributed by atoms with E-state index >= 15 is 0 Å². The summed E-state index contributed by atoms with van der Waals surface area (Å²) in [6.07, 6.45) is 2.84. The Morgan fingerprint density at radius 1 is 1.11 bits per heavy atom. The zero-order valence-corrected chi connectivity index (χ0v) is 10.5. The van der Waals surface area contributed by atoms with Crippen molar-refractivity contribution in [1.29, 1.82) is 0 Å². The van der Waals surface area contributed by atoms with E-state index in [1.807, 2.05) is 0 Å². The number of amides is 1. The fourth-order valence-corrected chi connectivity index (χ4v) is 2.08. The highest BCUT2D eigenvalue weighted by Gasteiger charge is 2.20. The van der Waals surface area contributed by atoms with Crippen LogP contribution in [0.25, 0.3) is 0 Å². The van der Waals surface area contributed by atoms with Gasteiger partial charge in [0, 0.05) is 13.1 Å². The Balaban J connectivity index is 2.08. The predicted molar refractivity (Wildman–Crippen MR) is 67.9 cm³/mol. The minimum atomic E-state index is -0.358.